The lowest BCUT2D eigenvalue weighted by molar-refractivity contribution is 0.596. The SMILES string of the molecule is CC(C)[Si](C#Cc1cc(C(C)(C)C)c2cc(C#C[Si](C(C)C)(C(C)C)C(C)C)ccc2c1)(C(C)C)C(C)C. The van der Waals surface area contributed by atoms with E-state index in [2.05, 4.69) is 157 Å². The second-order valence-electron chi connectivity index (χ2n) is 14.5. The van der Waals surface area contributed by atoms with Crippen LogP contribution in [0.2, 0.25) is 33.2 Å². The highest BCUT2D eigenvalue weighted by molar-refractivity contribution is 6.91. The molecule has 0 saturated carbocycles. The Kier molecular flexibility index (Phi) is 10.4. The Bertz CT molecular complexity index is 1180. The number of hydrogen-bond acceptors (Lipinski definition) is 0. The van der Waals surface area contributed by atoms with Gasteiger partial charge in [-0.25, -0.2) is 0 Å². The predicted octanol–water partition coefficient (Wildman–Crippen LogP) is 11.3. The molecule has 0 N–H and O–H groups in total. The first kappa shape index (κ1) is 32.5. The zero-order chi connectivity index (χ0) is 29.2. The van der Waals surface area contributed by atoms with E-state index in [1.807, 2.05) is 0 Å². The van der Waals surface area contributed by atoms with Crippen LogP contribution in [-0.2, 0) is 5.41 Å². The quantitative estimate of drug-likeness (QED) is 0.250. The van der Waals surface area contributed by atoms with Crippen LogP contribution in [0.1, 0.15) is 121 Å². The fourth-order valence-corrected chi connectivity index (χ4v) is 17.8. The van der Waals surface area contributed by atoms with Gasteiger partial charge in [-0.3, -0.25) is 0 Å². The largest absolute Gasteiger partial charge is 0.146 e. The Balaban J connectivity index is 2.75. The van der Waals surface area contributed by atoms with Gasteiger partial charge in [-0.1, -0.05) is 122 Å². The van der Waals surface area contributed by atoms with E-state index in [0.717, 1.165) is 11.1 Å². The van der Waals surface area contributed by atoms with Gasteiger partial charge in [0, 0.05) is 11.1 Å². The zero-order valence-electron chi connectivity index (χ0n) is 27.4. The van der Waals surface area contributed by atoms with Crippen molar-refractivity contribution in [1.29, 1.82) is 0 Å². The van der Waals surface area contributed by atoms with Gasteiger partial charge in [0.15, 0.2) is 0 Å². The Morgan fingerprint density at radius 2 is 0.921 bits per heavy atom. The minimum Gasteiger partial charge on any atom is -0.125 e. The topological polar surface area (TPSA) is 0 Å². The Morgan fingerprint density at radius 1 is 0.526 bits per heavy atom. The van der Waals surface area contributed by atoms with E-state index in [4.69, 9.17) is 0 Å². The maximum Gasteiger partial charge on any atom is 0.146 e. The molecule has 0 fully saturated rings. The van der Waals surface area contributed by atoms with Crippen molar-refractivity contribution in [1.82, 2.24) is 0 Å². The van der Waals surface area contributed by atoms with Gasteiger partial charge in [-0.15, -0.1) is 11.1 Å². The smallest absolute Gasteiger partial charge is 0.125 e. The summed E-state index contributed by atoms with van der Waals surface area (Å²) in [7, 11) is -3.55. The van der Waals surface area contributed by atoms with E-state index in [1.165, 1.54) is 16.3 Å². The molecule has 2 aromatic carbocycles. The molecule has 2 heteroatoms. The van der Waals surface area contributed by atoms with E-state index < -0.39 is 16.1 Å². The first-order chi connectivity index (χ1) is 17.4. The van der Waals surface area contributed by atoms with Gasteiger partial charge in [-0.05, 0) is 79.3 Å². The highest BCUT2D eigenvalue weighted by Gasteiger charge is 2.42. The normalized spacial score (nSPS) is 13.1. The van der Waals surface area contributed by atoms with Gasteiger partial charge < -0.3 is 0 Å². The number of rotatable bonds is 6. The molecule has 0 nitrogen and oxygen atoms in total. The molecule has 0 spiro atoms. The molecule has 0 aliphatic carbocycles. The molecule has 0 bridgehead atoms. The summed E-state index contributed by atoms with van der Waals surface area (Å²) in [5.74, 6) is 7.41. The minimum atomic E-state index is -1.78. The summed E-state index contributed by atoms with van der Waals surface area (Å²) in [6.45, 7) is 35.6. The average Bonchev–Trinajstić information content (AvgIpc) is 2.77. The summed E-state index contributed by atoms with van der Waals surface area (Å²) in [5.41, 5.74) is 15.4. The molecule has 208 valence electrons. The van der Waals surface area contributed by atoms with Crippen LogP contribution in [0.15, 0.2) is 30.3 Å². The molecule has 0 heterocycles. The summed E-state index contributed by atoms with van der Waals surface area (Å²) in [6, 6.07) is 11.5. The summed E-state index contributed by atoms with van der Waals surface area (Å²) < 4.78 is 0. The molecule has 0 aliphatic heterocycles. The third kappa shape index (κ3) is 6.35. The van der Waals surface area contributed by atoms with Gasteiger partial charge in [-0.2, -0.15) is 0 Å². The molecule has 0 amide bonds. The molecule has 2 aromatic rings. The lowest BCUT2D eigenvalue weighted by atomic mass is 9.82. The number of hydrogen-bond donors (Lipinski definition) is 0. The van der Waals surface area contributed by atoms with Gasteiger partial charge in [0.05, 0.1) is 0 Å². The first-order valence-corrected chi connectivity index (χ1v) is 19.5. The van der Waals surface area contributed by atoms with Gasteiger partial charge >= 0.3 is 0 Å². The highest BCUT2D eigenvalue weighted by Crippen LogP contribution is 2.42. The molecular weight excluding hydrogens is 489 g/mol. The van der Waals surface area contributed by atoms with Crippen molar-refractivity contribution in [3.05, 3.63) is 47.0 Å². The van der Waals surface area contributed by atoms with Crippen LogP contribution in [0.4, 0.5) is 0 Å². The van der Waals surface area contributed by atoms with E-state index >= 15 is 0 Å². The first-order valence-electron chi connectivity index (χ1n) is 15.1. The molecule has 38 heavy (non-hydrogen) atoms. The van der Waals surface area contributed by atoms with Crippen molar-refractivity contribution in [2.75, 3.05) is 0 Å². The lowest BCUT2D eigenvalue weighted by Gasteiger charge is -2.38. The lowest BCUT2D eigenvalue weighted by Crippen LogP contribution is -2.43. The van der Waals surface area contributed by atoms with Crippen molar-refractivity contribution in [3.63, 3.8) is 0 Å². The predicted molar refractivity (Wildman–Crippen MR) is 178 cm³/mol. The number of fused-ring (bicyclic) bond motifs is 1. The zero-order valence-corrected chi connectivity index (χ0v) is 29.4. The van der Waals surface area contributed by atoms with E-state index in [-0.39, 0.29) is 5.41 Å². The van der Waals surface area contributed by atoms with Crippen molar-refractivity contribution >= 4 is 26.9 Å². The molecule has 0 unspecified atom stereocenters. The Hall–Kier alpha value is -1.75. The van der Waals surface area contributed by atoms with Crippen molar-refractivity contribution in [2.24, 2.45) is 0 Å². The Morgan fingerprint density at radius 3 is 1.29 bits per heavy atom. The van der Waals surface area contributed by atoms with Crippen LogP contribution in [0.3, 0.4) is 0 Å². The maximum atomic E-state index is 3.94. The molecular formula is C36H56Si2. The Labute approximate surface area is 238 Å². The van der Waals surface area contributed by atoms with Crippen LogP contribution >= 0.6 is 0 Å². The molecule has 0 aliphatic rings. The van der Waals surface area contributed by atoms with Crippen LogP contribution in [0, 0.1) is 22.9 Å². The van der Waals surface area contributed by atoms with E-state index in [1.54, 1.807) is 0 Å². The standard InChI is InChI=1S/C36H56Si2/c1-25(2)37(26(3)4,27(5)6)20-18-31-16-17-33-22-32(24-35(34(33)23-31)36(13,14)15)19-21-38(28(7)8,29(9)10)30(11)12/h16-17,22-30H,1-15H3. The van der Waals surface area contributed by atoms with Crippen LogP contribution in [-0.4, -0.2) is 16.1 Å². The van der Waals surface area contributed by atoms with Crippen molar-refractivity contribution in [2.45, 2.75) is 143 Å². The summed E-state index contributed by atoms with van der Waals surface area (Å²) in [6.07, 6.45) is 0. The summed E-state index contributed by atoms with van der Waals surface area (Å²) in [4.78, 5) is 0. The number of benzene rings is 2. The second kappa shape index (κ2) is 12.2. The molecule has 0 radical (unpaired) electrons. The van der Waals surface area contributed by atoms with Crippen LogP contribution in [0.5, 0.6) is 0 Å². The fraction of sp³-hybridized carbons (Fsp3) is 0.611. The van der Waals surface area contributed by atoms with Gasteiger partial charge in [0.2, 0.25) is 0 Å². The minimum absolute atomic E-state index is 0.0248. The highest BCUT2D eigenvalue weighted by atomic mass is 28.3. The van der Waals surface area contributed by atoms with Crippen LogP contribution in [0.25, 0.3) is 10.8 Å². The van der Waals surface area contributed by atoms with Crippen molar-refractivity contribution < 1.29 is 0 Å². The molecule has 0 atom stereocenters. The van der Waals surface area contributed by atoms with Gasteiger partial charge in [0.25, 0.3) is 0 Å². The summed E-state index contributed by atoms with van der Waals surface area (Å²) >= 11 is 0. The molecule has 2 rings (SSSR count). The van der Waals surface area contributed by atoms with Crippen molar-refractivity contribution in [3.8, 4) is 22.9 Å². The van der Waals surface area contributed by atoms with Gasteiger partial charge in [0.1, 0.15) is 16.1 Å². The fourth-order valence-electron chi connectivity index (χ4n) is 7.36. The van der Waals surface area contributed by atoms with E-state index in [9.17, 15) is 0 Å². The third-order valence-electron chi connectivity index (χ3n) is 9.34. The molecule has 0 saturated heterocycles. The second-order valence-corrected chi connectivity index (χ2v) is 25.7. The maximum absolute atomic E-state index is 3.94. The third-order valence-corrected chi connectivity index (χ3v) is 21.9. The molecule has 0 aromatic heterocycles. The monoisotopic (exact) mass is 544 g/mol. The van der Waals surface area contributed by atoms with Crippen LogP contribution < -0.4 is 0 Å². The summed E-state index contributed by atoms with van der Waals surface area (Å²) in [5, 5.41) is 2.60. The average molecular weight is 545 g/mol. The van der Waals surface area contributed by atoms with E-state index in [0.29, 0.717) is 33.2 Å².